The highest BCUT2D eigenvalue weighted by Crippen LogP contribution is 2.36. The highest BCUT2D eigenvalue weighted by Gasteiger charge is 2.41. The van der Waals surface area contributed by atoms with Gasteiger partial charge in [-0.1, -0.05) is 115 Å². The summed E-state index contributed by atoms with van der Waals surface area (Å²) in [6.45, 7) is 2.32. The van der Waals surface area contributed by atoms with E-state index in [4.69, 9.17) is 20.2 Å². The number of benzene rings is 2. The predicted octanol–water partition coefficient (Wildman–Crippen LogP) is 7.95. The zero-order valence-electron chi connectivity index (χ0n) is 31.9. The first-order chi connectivity index (χ1) is 26.1. The Balaban J connectivity index is 1.48. The summed E-state index contributed by atoms with van der Waals surface area (Å²) in [5.41, 5.74) is 5.95. The fourth-order valence-electron chi connectivity index (χ4n) is 6.64. The van der Waals surface area contributed by atoms with E-state index in [-0.39, 0.29) is 45.5 Å². The van der Waals surface area contributed by atoms with E-state index in [2.05, 4.69) is 17.3 Å². The second kappa shape index (κ2) is 21.2. The first-order valence-corrected chi connectivity index (χ1v) is 20.7. The quantitative estimate of drug-likeness (QED) is 0.0682. The Bertz CT molecular complexity index is 1840. The number of unbranched alkanes of at least 4 members (excludes halogenated alkanes) is 15. The smallest absolute Gasteiger partial charge is 0.341 e. The summed E-state index contributed by atoms with van der Waals surface area (Å²) in [5, 5.41) is 7.03. The van der Waals surface area contributed by atoms with E-state index in [1.54, 1.807) is 18.2 Å². The number of amides is 2. The maximum absolute atomic E-state index is 14.3. The van der Waals surface area contributed by atoms with Crippen molar-refractivity contribution in [3.05, 3.63) is 66.0 Å². The molecule has 1 aromatic heterocycles. The molecule has 2 heterocycles. The van der Waals surface area contributed by atoms with Crippen LogP contribution in [0.2, 0.25) is 0 Å². The fraction of sp³-hybridized carbons (Fsp3) is 0.525. The number of fused-ring (bicyclic) bond motifs is 1. The van der Waals surface area contributed by atoms with E-state index in [0.29, 0.717) is 6.42 Å². The molecule has 3 aromatic rings. The Hall–Kier alpha value is -4.72. The standard InChI is InChI=1S/C40H56N6O7S/c1-4-5-6-7-8-9-10-11-12-13-14-15-16-17-18-21-26-46-38(43-32-22-19-20-23-35(32)54(46,50)51)36(45-29-31(28-42-45)40(49)53-3)39(48)44-33-27-30(37(41)47)24-25-34(33)52-2/h19-20,22-25,27-29,36H,4-18,21,26H2,1-3H3,(H2,41,47)(H,44,48). The Labute approximate surface area is 319 Å². The molecule has 14 heteroatoms. The maximum atomic E-state index is 14.3. The van der Waals surface area contributed by atoms with E-state index < -0.39 is 33.8 Å². The van der Waals surface area contributed by atoms with Gasteiger partial charge in [0.25, 0.3) is 15.9 Å². The molecule has 294 valence electrons. The lowest BCUT2D eigenvalue weighted by Crippen LogP contribution is -2.47. The third-order valence-electron chi connectivity index (χ3n) is 9.66. The lowest BCUT2D eigenvalue weighted by molar-refractivity contribution is -0.117. The molecule has 0 bridgehead atoms. The number of carbonyl (C=O) groups is 3. The number of para-hydroxylation sites is 1. The molecule has 1 unspecified atom stereocenters. The van der Waals surface area contributed by atoms with Crippen LogP contribution in [0.3, 0.4) is 0 Å². The van der Waals surface area contributed by atoms with Crippen LogP contribution in [0.4, 0.5) is 11.4 Å². The van der Waals surface area contributed by atoms with Crippen molar-refractivity contribution < 1.29 is 32.3 Å². The van der Waals surface area contributed by atoms with Crippen molar-refractivity contribution >= 4 is 45.0 Å². The van der Waals surface area contributed by atoms with Crippen molar-refractivity contribution in [3.63, 3.8) is 0 Å². The molecule has 54 heavy (non-hydrogen) atoms. The number of ether oxygens (including phenoxy) is 2. The van der Waals surface area contributed by atoms with Crippen molar-refractivity contribution in [3.8, 4) is 5.75 Å². The van der Waals surface area contributed by atoms with Crippen LogP contribution in [0.5, 0.6) is 5.75 Å². The first-order valence-electron chi connectivity index (χ1n) is 19.2. The second-order valence-corrected chi connectivity index (χ2v) is 15.5. The van der Waals surface area contributed by atoms with Gasteiger partial charge in [0, 0.05) is 18.3 Å². The number of anilines is 1. The summed E-state index contributed by atoms with van der Waals surface area (Å²) in [7, 11) is -1.53. The van der Waals surface area contributed by atoms with E-state index in [9.17, 15) is 22.8 Å². The van der Waals surface area contributed by atoms with Gasteiger partial charge in [-0.25, -0.2) is 18.2 Å². The highest BCUT2D eigenvalue weighted by atomic mass is 32.2. The molecule has 0 aliphatic carbocycles. The van der Waals surface area contributed by atoms with Crippen LogP contribution in [-0.4, -0.2) is 66.9 Å². The number of sulfonamides is 1. The molecule has 0 spiro atoms. The highest BCUT2D eigenvalue weighted by molar-refractivity contribution is 7.90. The van der Waals surface area contributed by atoms with Gasteiger partial charge in [-0.05, 0) is 36.8 Å². The van der Waals surface area contributed by atoms with Crippen LogP contribution in [0.25, 0.3) is 0 Å². The number of amidine groups is 1. The Kier molecular flexibility index (Phi) is 16.5. The zero-order chi connectivity index (χ0) is 38.9. The SMILES string of the molecule is CCCCCCCCCCCCCCCCCCN1C(C(C(=O)Nc2cc(C(N)=O)ccc2OC)n2cc(C(=O)OC)cn2)=Nc2ccccc2S1(=O)=O. The number of carbonyl (C=O) groups excluding carboxylic acids is 3. The van der Waals surface area contributed by atoms with Gasteiger partial charge in [0.1, 0.15) is 10.6 Å². The molecule has 0 saturated heterocycles. The Morgan fingerprint density at radius 3 is 1.98 bits per heavy atom. The topological polar surface area (TPSA) is 175 Å². The minimum absolute atomic E-state index is 0.0240. The number of hydrogen-bond donors (Lipinski definition) is 2. The first kappa shape index (κ1) is 42.0. The molecule has 2 amide bonds. The minimum Gasteiger partial charge on any atom is -0.495 e. The number of methoxy groups -OCH3 is 2. The summed E-state index contributed by atoms with van der Waals surface area (Å²) in [6, 6.07) is 9.17. The van der Waals surface area contributed by atoms with Gasteiger partial charge >= 0.3 is 5.97 Å². The zero-order valence-corrected chi connectivity index (χ0v) is 32.7. The third kappa shape index (κ3) is 11.4. The molecular formula is C40H56N6O7S. The predicted molar refractivity (Wildman–Crippen MR) is 210 cm³/mol. The largest absolute Gasteiger partial charge is 0.495 e. The summed E-state index contributed by atoms with van der Waals surface area (Å²) in [5.74, 6) is -2.03. The summed E-state index contributed by atoms with van der Waals surface area (Å²) < 4.78 is 41.1. The minimum atomic E-state index is -4.15. The van der Waals surface area contributed by atoms with Gasteiger partial charge in [0.2, 0.25) is 5.91 Å². The molecule has 3 N–H and O–H groups in total. The third-order valence-corrected chi connectivity index (χ3v) is 11.5. The van der Waals surface area contributed by atoms with Crippen molar-refractivity contribution in [2.24, 2.45) is 10.7 Å². The molecular weight excluding hydrogens is 709 g/mol. The molecule has 13 nitrogen and oxygen atoms in total. The summed E-state index contributed by atoms with van der Waals surface area (Å²) in [6.07, 6.45) is 21.4. The number of nitrogens with zero attached hydrogens (tertiary/aromatic N) is 4. The molecule has 2 aromatic carbocycles. The summed E-state index contributed by atoms with van der Waals surface area (Å²) >= 11 is 0. The fourth-order valence-corrected chi connectivity index (χ4v) is 8.27. The Morgan fingerprint density at radius 1 is 0.815 bits per heavy atom. The van der Waals surface area contributed by atoms with E-state index in [1.165, 1.54) is 130 Å². The molecule has 0 saturated carbocycles. The molecule has 1 aliphatic heterocycles. The number of nitrogens with two attached hydrogens (primary N) is 1. The lowest BCUT2D eigenvalue weighted by atomic mass is 10.0. The second-order valence-electron chi connectivity index (χ2n) is 13.7. The van der Waals surface area contributed by atoms with Crippen molar-refractivity contribution in [1.29, 1.82) is 0 Å². The molecule has 4 rings (SSSR count). The van der Waals surface area contributed by atoms with Crippen LogP contribution in [-0.2, 0) is 19.6 Å². The van der Waals surface area contributed by atoms with Crippen molar-refractivity contribution in [2.75, 3.05) is 26.1 Å². The van der Waals surface area contributed by atoms with Crippen LogP contribution in [0.15, 0.2) is 64.7 Å². The van der Waals surface area contributed by atoms with Crippen molar-refractivity contribution in [2.45, 2.75) is 121 Å². The van der Waals surface area contributed by atoms with Gasteiger partial charge in [-0.15, -0.1) is 0 Å². The number of primary amides is 1. The van der Waals surface area contributed by atoms with Gasteiger partial charge in [-0.2, -0.15) is 5.10 Å². The summed E-state index contributed by atoms with van der Waals surface area (Å²) in [4.78, 5) is 43.5. The van der Waals surface area contributed by atoms with Crippen LogP contribution in [0, 0.1) is 0 Å². The number of hydrogen-bond acceptors (Lipinski definition) is 9. The normalized spacial score (nSPS) is 13.8. The van der Waals surface area contributed by atoms with Crippen molar-refractivity contribution in [1.82, 2.24) is 14.1 Å². The number of aromatic nitrogens is 2. The number of aliphatic imine (C=N–C) groups is 1. The lowest BCUT2D eigenvalue weighted by Gasteiger charge is -2.33. The number of rotatable bonds is 24. The van der Waals surface area contributed by atoms with E-state index in [0.717, 1.165) is 25.7 Å². The van der Waals surface area contributed by atoms with E-state index in [1.807, 2.05) is 0 Å². The number of esters is 1. The van der Waals surface area contributed by atoms with Gasteiger partial charge in [0.05, 0.1) is 37.4 Å². The molecule has 0 radical (unpaired) electrons. The van der Waals surface area contributed by atoms with Crippen LogP contribution >= 0.6 is 0 Å². The van der Waals surface area contributed by atoms with E-state index >= 15 is 0 Å². The van der Waals surface area contributed by atoms with Gasteiger partial charge < -0.3 is 20.5 Å². The molecule has 1 atom stereocenters. The Morgan fingerprint density at radius 2 is 1.41 bits per heavy atom. The monoisotopic (exact) mass is 764 g/mol. The number of nitrogens with one attached hydrogen (secondary N) is 1. The molecule has 1 aliphatic rings. The molecule has 0 fully saturated rings. The van der Waals surface area contributed by atoms with Crippen LogP contribution < -0.4 is 15.8 Å². The van der Waals surface area contributed by atoms with Crippen LogP contribution in [0.1, 0.15) is 136 Å². The van der Waals surface area contributed by atoms with Gasteiger partial charge in [0.15, 0.2) is 11.9 Å². The average molecular weight is 765 g/mol. The average Bonchev–Trinajstić information content (AvgIpc) is 3.65. The van der Waals surface area contributed by atoms with Gasteiger partial charge in [-0.3, -0.25) is 18.6 Å². The maximum Gasteiger partial charge on any atom is 0.341 e.